The van der Waals surface area contributed by atoms with E-state index in [9.17, 15) is 18.4 Å². The van der Waals surface area contributed by atoms with Crippen molar-refractivity contribution >= 4 is 23.7 Å². The Morgan fingerprint density at radius 2 is 1.91 bits per heavy atom. The van der Waals surface area contributed by atoms with Crippen LogP contribution in [-0.2, 0) is 27.3 Å². The Morgan fingerprint density at radius 3 is 2.56 bits per heavy atom. The molecule has 0 bridgehead atoms. The first kappa shape index (κ1) is 23.8. The second-order valence-electron chi connectivity index (χ2n) is 8.32. The van der Waals surface area contributed by atoms with E-state index in [4.69, 9.17) is 25.8 Å². The number of hydrogen-bond acceptors (Lipinski definition) is 5. The van der Waals surface area contributed by atoms with Crippen LogP contribution >= 0.6 is 11.6 Å². The van der Waals surface area contributed by atoms with Crippen molar-refractivity contribution < 1.29 is 32.6 Å². The van der Waals surface area contributed by atoms with Crippen molar-refractivity contribution in [2.24, 2.45) is 0 Å². The van der Waals surface area contributed by atoms with Gasteiger partial charge in [-0.25, -0.2) is 18.4 Å². The third-order valence-electron chi connectivity index (χ3n) is 4.92. The third-order valence-corrected chi connectivity index (χ3v) is 5.21. The Labute approximate surface area is 190 Å². The van der Waals surface area contributed by atoms with Gasteiger partial charge >= 0.3 is 12.1 Å². The van der Waals surface area contributed by atoms with Crippen LogP contribution in [0.5, 0.6) is 5.75 Å². The van der Waals surface area contributed by atoms with Gasteiger partial charge in [-0.05, 0) is 62.6 Å². The summed E-state index contributed by atoms with van der Waals surface area (Å²) in [7, 11) is 1.25. The Bertz CT molecular complexity index is 1040. The van der Waals surface area contributed by atoms with E-state index in [1.165, 1.54) is 12.0 Å². The molecular weight excluding hydrogens is 444 g/mol. The maximum atomic E-state index is 14.1. The molecule has 0 spiro atoms. The summed E-state index contributed by atoms with van der Waals surface area (Å²) in [4.78, 5) is 26.5. The van der Waals surface area contributed by atoms with Gasteiger partial charge in [0.05, 0.1) is 17.7 Å². The molecule has 1 atom stereocenters. The fraction of sp³-hybridized carbons (Fsp3) is 0.391. The first-order valence-corrected chi connectivity index (χ1v) is 10.3. The van der Waals surface area contributed by atoms with E-state index < -0.39 is 35.3 Å². The van der Waals surface area contributed by atoms with E-state index >= 15 is 0 Å². The molecule has 3 rings (SSSR count). The van der Waals surface area contributed by atoms with Gasteiger partial charge < -0.3 is 14.2 Å². The molecule has 0 saturated heterocycles. The lowest BCUT2D eigenvalue weighted by Gasteiger charge is -2.36. The molecule has 9 heteroatoms. The summed E-state index contributed by atoms with van der Waals surface area (Å²) < 4.78 is 44.0. The lowest BCUT2D eigenvalue weighted by Crippen LogP contribution is -2.46. The molecule has 6 nitrogen and oxygen atoms in total. The topological polar surface area (TPSA) is 65.1 Å². The number of carbonyl (C=O) groups is 2. The molecule has 1 heterocycles. The second kappa shape index (κ2) is 9.32. The maximum Gasteiger partial charge on any atom is 0.411 e. The molecule has 1 amide bonds. The van der Waals surface area contributed by atoms with Crippen LogP contribution in [-0.4, -0.2) is 36.2 Å². The van der Waals surface area contributed by atoms with Crippen molar-refractivity contribution in [2.75, 3.05) is 13.7 Å². The molecule has 0 aromatic heterocycles. The largest absolute Gasteiger partial charge is 0.489 e. The fourth-order valence-electron chi connectivity index (χ4n) is 3.43. The predicted molar refractivity (Wildman–Crippen MR) is 114 cm³/mol. The van der Waals surface area contributed by atoms with Crippen LogP contribution in [0.3, 0.4) is 0 Å². The number of methoxy groups -OCH3 is 1. The number of halogens is 3. The van der Waals surface area contributed by atoms with Crippen molar-refractivity contribution in [1.82, 2.24) is 4.90 Å². The van der Waals surface area contributed by atoms with Crippen LogP contribution in [0.25, 0.3) is 0 Å². The summed E-state index contributed by atoms with van der Waals surface area (Å²) in [6, 6.07) is 6.11. The van der Waals surface area contributed by atoms with E-state index in [0.29, 0.717) is 17.7 Å². The quantitative estimate of drug-likeness (QED) is 0.456. The molecule has 1 aliphatic rings. The van der Waals surface area contributed by atoms with Crippen LogP contribution in [0.15, 0.2) is 30.3 Å². The standard InChI is InChI=1S/C23H24ClF2NO5/c1-23(2,3)32-22(29)27-10-9-13-11-14(5-6-15(13)20(27)21(28)30-4)31-12-16-18(25)8-7-17(24)19(16)26/h5-8,11,20H,9-10,12H2,1-4H3. The first-order chi connectivity index (χ1) is 15.0. The molecule has 32 heavy (non-hydrogen) atoms. The lowest BCUT2D eigenvalue weighted by molar-refractivity contribution is -0.147. The Balaban J connectivity index is 1.84. The molecule has 0 N–H and O–H groups in total. The summed E-state index contributed by atoms with van der Waals surface area (Å²) in [6.07, 6.45) is -0.190. The van der Waals surface area contributed by atoms with Crippen LogP contribution in [0.2, 0.25) is 5.02 Å². The van der Waals surface area contributed by atoms with Gasteiger partial charge in [-0.1, -0.05) is 17.7 Å². The number of carbonyl (C=O) groups excluding carboxylic acids is 2. The van der Waals surface area contributed by atoms with Crippen LogP contribution in [0, 0.1) is 11.6 Å². The van der Waals surface area contributed by atoms with Gasteiger partial charge in [-0.2, -0.15) is 0 Å². The average molecular weight is 468 g/mol. The third kappa shape index (κ3) is 5.12. The highest BCUT2D eigenvalue weighted by Gasteiger charge is 2.39. The van der Waals surface area contributed by atoms with Gasteiger partial charge in [-0.15, -0.1) is 0 Å². The summed E-state index contributed by atoms with van der Waals surface area (Å²) >= 11 is 5.72. The average Bonchev–Trinajstić information content (AvgIpc) is 2.73. The minimum absolute atomic E-state index is 0.196. The predicted octanol–water partition coefficient (Wildman–Crippen LogP) is 5.20. The molecule has 172 valence electrons. The smallest absolute Gasteiger partial charge is 0.411 e. The zero-order valence-corrected chi connectivity index (χ0v) is 19.0. The van der Waals surface area contributed by atoms with Crippen LogP contribution in [0.4, 0.5) is 13.6 Å². The van der Waals surface area contributed by atoms with Gasteiger partial charge in [0.2, 0.25) is 0 Å². The Hall–Kier alpha value is -2.87. The van der Waals surface area contributed by atoms with Crippen LogP contribution in [0.1, 0.15) is 43.5 Å². The van der Waals surface area contributed by atoms with Gasteiger partial charge in [0.1, 0.15) is 23.8 Å². The molecule has 2 aromatic carbocycles. The van der Waals surface area contributed by atoms with E-state index in [0.717, 1.165) is 17.7 Å². The number of rotatable bonds is 4. The van der Waals surface area contributed by atoms with E-state index in [1.54, 1.807) is 39.0 Å². The Morgan fingerprint density at radius 1 is 1.19 bits per heavy atom. The van der Waals surface area contributed by atoms with E-state index in [-0.39, 0.29) is 23.7 Å². The van der Waals surface area contributed by atoms with Gasteiger partial charge in [-0.3, -0.25) is 4.90 Å². The number of fused-ring (bicyclic) bond motifs is 1. The number of benzene rings is 2. The van der Waals surface area contributed by atoms with Crippen LogP contribution < -0.4 is 4.74 Å². The normalized spacial score (nSPS) is 15.7. The second-order valence-corrected chi connectivity index (χ2v) is 8.73. The molecular formula is C23H24ClF2NO5. The van der Waals surface area contributed by atoms with Crippen molar-refractivity contribution in [3.8, 4) is 5.75 Å². The van der Waals surface area contributed by atoms with E-state index in [2.05, 4.69) is 0 Å². The highest BCUT2D eigenvalue weighted by atomic mass is 35.5. The summed E-state index contributed by atoms with van der Waals surface area (Å²) in [5, 5.41) is -0.196. The van der Waals surface area contributed by atoms with Crippen molar-refractivity contribution in [1.29, 1.82) is 0 Å². The molecule has 0 radical (unpaired) electrons. The molecule has 0 aliphatic carbocycles. The zero-order valence-electron chi connectivity index (χ0n) is 18.2. The van der Waals surface area contributed by atoms with Crippen molar-refractivity contribution in [2.45, 2.75) is 45.4 Å². The lowest BCUT2D eigenvalue weighted by atomic mass is 9.92. The summed E-state index contributed by atoms with van der Waals surface area (Å²) in [5.41, 5.74) is 0.325. The molecule has 1 aliphatic heterocycles. The minimum Gasteiger partial charge on any atom is -0.489 e. The number of ether oxygens (including phenoxy) is 3. The molecule has 2 aromatic rings. The molecule has 0 fully saturated rings. The van der Waals surface area contributed by atoms with Gasteiger partial charge in [0.15, 0.2) is 11.9 Å². The highest BCUT2D eigenvalue weighted by molar-refractivity contribution is 6.30. The number of amides is 1. The monoisotopic (exact) mass is 467 g/mol. The van der Waals surface area contributed by atoms with Gasteiger partial charge in [0.25, 0.3) is 0 Å². The first-order valence-electron chi connectivity index (χ1n) is 9.97. The fourth-order valence-corrected chi connectivity index (χ4v) is 3.61. The number of hydrogen-bond donors (Lipinski definition) is 0. The highest BCUT2D eigenvalue weighted by Crippen LogP contribution is 2.34. The molecule has 1 unspecified atom stereocenters. The minimum atomic E-state index is -0.976. The summed E-state index contributed by atoms with van der Waals surface area (Å²) in [5.74, 6) is -1.88. The summed E-state index contributed by atoms with van der Waals surface area (Å²) in [6.45, 7) is 5.09. The Kier molecular flexibility index (Phi) is 6.93. The number of nitrogens with zero attached hydrogens (tertiary/aromatic N) is 1. The maximum absolute atomic E-state index is 14.1. The SMILES string of the molecule is COC(=O)C1c2ccc(OCc3c(F)ccc(Cl)c3F)cc2CCN1C(=O)OC(C)(C)C. The van der Waals surface area contributed by atoms with Gasteiger partial charge in [0, 0.05) is 6.54 Å². The van der Waals surface area contributed by atoms with E-state index in [1.807, 2.05) is 0 Å². The van der Waals surface area contributed by atoms with Crippen molar-refractivity contribution in [3.63, 3.8) is 0 Å². The number of esters is 1. The molecule has 0 saturated carbocycles. The zero-order chi connectivity index (χ0) is 23.6. The van der Waals surface area contributed by atoms with Crippen molar-refractivity contribution in [3.05, 3.63) is 63.7 Å².